The second-order valence-electron chi connectivity index (χ2n) is 18.2. The average Bonchev–Trinajstić information content (AvgIpc) is 3.15. The molecular formula is C47H97N2O6P. The minimum absolute atomic E-state index is 0.0144. The summed E-state index contributed by atoms with van der Waals surface area (Å²) in [6, 6.07) is -0.790. The molecule has 0 radical (unpaired) electrons. The van der Waals surface area contributed by atoms with Crippen molar-refractivity contribution < 1.29 is 32.9 Å². The average molecular weight is 817 g/mol. The van der Waals surface area contributed by atoms with Crippen LogP contribution in [-0.2, 0) is 18.4 Å². The fourth-order valence-electron chi connectivity index (χ4n) is 7.45. The van der Waals surface area contributed by atoms with Crippen molar-refractivity contribution in [2.45, 2.75) is 257 Å². The number of phosphoric ester groups is 1. The molecule has 56 heavy (non-hydrogen) atoms. The van der Waals surface area contributed by atoms with Crippen LogP contribution < -0.4 is 10.2 Å². The van der Waals surface area contributed by atoms with Gasteiger partial charge >= 0.3 is 0 Å². The highest BCUT2D eigenvalue weighted by Gasteiger charge is 2.24. The second kappa shape index (κ2) is 39.9. The maximum atomic E-state index is 12.7. The van der Waals surface area contributed by atoms with E-state index in [9.17, 15) is 19.4 Å². The Kier molecular flexibility index (Phi) is 39.6. The molecule has 0 aliphatic heterocycles. The van der Waals surface area contributed by atoms with Crippen LogP contribution in [0.2, 0.25) is 0 Å². The van der Waals surface area contributed by atoms with Gasteiger partial charge in [0.05, 0.1) is 39.9 Å². The minimum Gasteiger partial charge on any atom is -0.756 e. The Balaban J connectivity index is 3.74. The first-order chi connectivity index (χ1) is 27.0. The number of nitrogens with one attached hydrogen (secondary N) is 1. The summed E-state index contributed by atoms with van der Waals surface area (Å²) < 4.78 is 23.0. The number of rotatable bonds is 45. The third-order valence-electron chi connectivity index (χ3n) is 11.3. The van der Waals surface area contributed by atoms with Gasteiger partial charge in [-0.2, -0.15) is 0 Å². The van der Waals surface area contributed by atoms with E-state index in [1.165, 1.54) is 173 Å². The molecular weight excluding hydrogens is 719 g/mol. The van der Waals surface area contributed by atoms with Gasteiger partial charge in [0.1, 0.15) is 13.2 Å². The molecule has 0 saturated carbocycles. The van der Waals surface area contributed by atoms with Crippen molar-refractivity contribution in [2.24, 2.45) is 0 Å². The van der Waals surface area contributed by atoms with E-state index in [0.29, 0.717) is 23.9 Å². The van der Waals surface area contributed by atoms with Crippen LogP contribution in [0.5, 0.6) is 0 Å². The Labute approximate surface area is 349 Å². The Bertz CT molecular complexity index is 885. The van der Waals surface area contributed by atoms with Crippen molar-refractivity contribution in [2.75, 3.05) is 40.9 Å². The number of carbonyl (C=O) groups is 1. The molecule has 0 aromatic heterocycles. The standard InChI is InChI=1S/C47H97N2O6P/c1-6-8-10-12-13-14-15-16-17-18-19-20-21-22-23-24-25-26-27-28-29-30-31-32-33-34-35-36-37-39-41-47(51)48-45(46(50)40-38-11-9-7-2)44-55-56(52,53)54-43-42-49(3,4)5/h45-46,50H,6-44H2,1-5H3,(H-,48,51,52,53). The van der Waals surface area contributed by atoms with E-state index < -0.39 is 20.0 Å². The zero-order chi connectivity index (χ0) is 41.4. The lowest BCUT2D eigenvalue weighted by Gasteiger charge is -2.30. The van der Waals surface area contributed by atoms with Gasteiger partial charge in [-0.25, -0.2) is 0 Å². The van der Waals surface area contributed by atoms with E-state index in [0.717, 1.165) is 44.9 Å². The van der Waals surface area contributed by atoms with E-state index >= 15 is 0 Å². The summed E-state index contributed by atoms with van der Waals surface area (Å²) in [5.74, 6) is -0.168. The molecule has 0 aliphatic carbocycles. The zero-order valence-corrected chi connectivity index (χ0v) is 39.0. The van der Waals surface area contributed by atoms with E-state index in [-0.39, 0.29) is 19.1 Å². The third kappa shape index (κ3) is 41.7. The van der Waals surface area contributed by atoms with E-state index in [4.69, 9.17) is 9.05 Å². The van der Waals surface area contributed by atoms with Gasteiger partial charge in [0, 0.05) is 6.42 Å². The highest BCUT2D eigenvalue weighted by molar-refractivity contribution is 7.45. The lowest BCUT2D eigenvalue weighted by molar-refractivity contribution is -0.870. The maximum absolute atomic E-state index is 12.7. The molecule has 9 heteroatoms. The molecule has 0 fully saturated rings. The Hall–Kier alpha value is -0.500. The van der Waals surface area contributed by atoms with Gasteiger partial charge < -0.3 is 28.8 Å². The number of carbonyl (C=O) groups excluding carboxylic acids is 1. The molecule has 1 amide bonds. The summed E-state index contributed by atoms with van der Waals surface area (Å²) in [7, 11) is 1.31. The number of aliphatic hydroxyl groups excluding tert-OH is 1. The van der Waals surface area contributed by atoms with Crippen LogP contribution >= 0.6 is 7.82 Å². The molecule has 0 spiro atoms. The molecule has 0 aliphatic rings. The molecule has 336 valence electrons. The third-order valence-corrected chi connectivity index (χ3v) is 12.3. The lowest BCUT2D eigenvalue weighted by atomic mass is 10.0. The fourth-order valence-corrected chi connectivity index (χ4v) is 8.18. The quantitative estimate of drug-likeness (QED) is 0.0360. The molecule has 0 aromatic rings. The lowest BCUT2D eigenvalue weighted by Crippen LogP contribution is -2.46. The second-order valence-corrected chi connectivity index (χ2v) is 19.6. The van der Waals surface area contributed by atoms with E-state index in [1.807, 2.05) is 21.1 Å². The Morgan fingerprint density at radius 3 is 1.21 bits per heavy atom. The van der Waals surface area contributed by atoms with Crippen LogP contribution in [0.4, 0.5) is 0 Å². The smallest absolute Gasteiger partial charge is 0.268 e. The zero-order valence-electron chi connectivity index (χ0n) is 38.1. The monoisotopic (exact) mass is 817 g/mol. The van der Waals surface area contributed by atoms with Crippen molar-refractivity contribution in [1.82, 2.24) is 5.32 Å². The number of phosphoric acid groups is 1. The first-order valence-electron chi connectivity index (χ1n) is 24.4. The normalized spacial score (nSPS) is 14.2. The summed E-state index contributed by atoms with van der Waals surface area (Å²) >= 11 is 0. The van der Waals surface area contributed by atoms with Gasteiger partial charge in [0.25, 0.3) is 7.82 Å². The number of amides is 1. The molecule has 8 nitrogen and oxygen atoms in total. The van der Waals surface area contributed by atoms with Crippen LogP contribution in [0.1, 0.15) is 245 Å². The predicted molar refractivity (Wildman–Crippen MR) is 238 cm³/mol. The van der Waals surface area contributed by atoms with Crippen molar-refractivity contribution in [3.63, 3.8) is 0 Å². The van der Waals surface area contributed by atoms with Crippen LogP contribution in [0, 0.1) is 0 Å². The van der Waals surface area contributed by atoms with Crippen LogP contribution in [0.25, 0.3) is 0 Å². The van der Waals surface area contributed by atoms with Gasteiger partial charge in [-0.3, -0.25) is 9.36 Å². The highest BCUT2D eigenvalue weighted by atomic mass is 31.2. The molecule has 0 bridgehead atoms. The first-order valence-corrected chi connectivity index (χ1v) is 25.8. The van der Waals surface area contributed by atoms with Crippen LogP contribution in [-0.4, -0.2) is 68.5 Å². The highest BCUT2D eigenvalue weighted by Crippen LogP contribution is 2.38. The SMILES string of the molecule is CCCCCCCCCCCCCCCCCCCCCCCCCCCCCCCCC(=O)NC(COP(=O)([O-])OCC[N+](C)(C)C)C(O)CCCCCC. The van der Waals surface area contributed by atoms with Gasteiger partial charge in [-0.1, -0.05) is 226 Å². The fraction of sp³-hybridized carbons (Fsp3) is 0.979. The summed E-state index contributed by atoms with van der Waals surface area (Å²) in [5, 5.41) is 13.6. The van der Waals surface area contributed by atoms with Crippen LogP contribution in [0.3, 0.4) is 0 Å². The minimum atomic E-state index is -4.54. The number of unbranched alkanes of at least 4 members (excludes halogenated alkanes) is 32. The molecule has 0 saturated heterocycles. The topological polar surface area (TPSA) is 108 Å². The first kappa shape index (κ1) is 55.5. The molecule has 3 unspecified atom stereocenters. The van der Waals surface area contributed by atoms with E-state index in [2.05, 4.69) is 19.2 Å². The Morgan fingerprint density at radius 2 is 0.875 bits per heavy atom. The number of quaternary nitrogens is 1. The number of hydrogen-bond acceptors (Lipinski definition) is 6. The summed E-state index contributed by atoms with van der Waals surface area (Å²) in [6.07, 6.45) is 44.9. The molecule has 0 rings (SSSR count). The number of nitrogens with zero attached hydrogens (tertiary/aromatic N) is 1. The number of aliphatic hydroxyl groups is 1. The molecule has 0 aromatic carbocycles. The Morgan fingerprint density at radius 1 is 0.554 bits per heavy atom. The molecule has 2 N–H and O–H groups in total. The van der Waals surface area contributed by atoms with E-state index in [1.54, 1.807) is 0 Å². The van der Waals surface area contributed by atoms with Crippen molar-refractivity contribution in [1.29, 1.82) is 0 Å². The van der Waals surface area contributed by atoms with Crippen molar-refractivity contribution in [3.05, 3.63) is 0 Å². The van der Waals surface area contributed by atoms with Gasteiger partial charge in [-0.15, -0.1) is 0 Å². The summed E-state index contributed by atoms with van der Waals surface area (Å²) in [5.41, 5.74) is 0. The molecule has 0 heterocycles. The van der Waals surface area contributed by atoms with Crippen molar-refractivity contribution in [3.8, 4) is 0 Å². The number of hydrogen-bond donors (Lipinski definition) is 2. The number of likely N-dealkylation sites (N-methyl/N-ethyl adjacent to an activating group) is 1. The molecule has 3 atom stereocenters. The summed E-state index contributed by atoms with van der Waals surface area (Å²) in [6.45, 7) is 4.62. The van der Waals surface area contributed by atoms with Gasteiger partial charge in [0.2, 0.25) is 5.91 Å². The predicted octanol–water partition coefficient (Wildman–Crippen LogP) is 13.1. The van der Waals surface area contributed by atoms with Crippen LogP contribution in [0.15, 0.2) is 0 Å². The van der Waals surface area contributed by atoms with Crippen molar-refractivity contribution >= 4 is 13.7 Å². The van der Waals surface area contributed by atoms with Gasteiger partial charge in [-0.05, 0) is 12.8 Å². The largest absolute Gasteiger partial charge is 0.756 e. The maximum Gasteiger partial charge on any atom is 0.268 e. The van der Waals surface area contributed by atoms with Gasteiger partial charge in [0.15, 0.2) is 0 Å². The summed E-state index contributed by atoms with van der Waals surface area (Å²) in [4.78, 5) is 25.1.